The Morgan fingerprint density at radius 2 is 1.12 bits per heavy atom. The summed E-state index contributed by atoms with van der Waals surface area (Å²) >= 11 is 0. The summed E-state index contributed by atoms with van der Waals surface area (Å²) in [4.78, 5) is 0. The van der Waals surface area contributed by atoms with Crippen LogP contribution in [0.1, 0.15) is 33.1 Å². The van der Waals surface area contributed by atoms with Gasteiger partial charge in [0.2, 0.25) is 0 Å². The van der Waals surface area contributed by atoms with Crippen molar-refractivity contribution in [3.8, 4) is 0 Å². The van der Waals surface area contributed by atoms with Gasteiger partial charge in [0.05, 0.1) is 0 Å². The van der Waals surface area contributed by atoms with Gasteiger partial charge >= 0.3 is 10.4 Å². The van der Waals surface area contributed by atoms with Gasteiger partial charge in [-0.3, -0.25) is 9.11 Å². The smallest absolute Gasteiger partial charge is 0.328 e. The minimum absolute atomic E-state index is 0.400. The number of nitrogens with two attached hydrogens (primary N) is 2. The van der Waals surface area contributed by atoms with Crippen LogP contribution in [0.4, 0.5) is 0 Å². The van der Waals surface area contributed by atoms with Crippen molar-refractivity contribution in [1.82, 2.24) is 0 Å². The first-order chi connectivity index (χ1) is 14.0. The zero-order valence-corrected chi connectivity index (χ0v) is 14.4. The maximum atomic E-state index is 8.74. The number of rotatable bonds is 4. The van der Waals surface area contributed by atoms with Gasteiger partial charge in [-0.15, -0.1) is 0 Å². The van der Waals surface area contributed by atoms with Crippen LogP contribution < -0.4 is 11.5 Å². The van der Waals surface area contributed by atoms with Crippen LogP contribution in [-0.4, -0.2) is 29.6 Å². The molecule has 0 aromatic heterocycles. The molecule has 25 heavy (non-hydrogen) atoms. The first kappa shape index (κ1) is 14.4. The van der Waals surface area contributed by atoms with Crippen molar-refractivity contribution in [2.24, 2.45) is 11.5 Å². The average molecular weight is 375 g/mol. The molecule has 0 amide bonds. The van der Waals surface area contributed by atoms with E-state index >= 15 is 0 Å². The summed E-state index contributed by atoms with van der Waals surface area (Å²) in [7, 11) is -4.67. The van der Waals surface area contributed by atoms with Crippen LogP contribution in [0.3, 0.4) is 0 Å². The van der Waals surface area contributed by atoms with Gasteiger partial charge in [-0.2, -0.15) is 8.42 Å². The Balaban J connectivity index is 0.000000479. The minimum atomic E-state index is -4.67. The van der Waals surface area contributed by atoms with Gasteiger partial charge in [-0.1, -0.05) is 60.7 Å². The fraction of sp³-hybridized carbons (Fsp3) is 0.333. The van der Waals surface area contributed by atoms with Gasteiger partial charge in [0.1, 0.15) is 0 Å². The van der Waals surface area contributed by atoms with E-state index < -0.39 is 36.2 Å². The molecule has 2 atom stereocenters. The van der Waals surface area contributed by atoms with E-state index in [1.807, 2.05) is 60.7 Å². The zero-order valence-electron chi connectivity index (χ0n) is 19.6. The van der Waals surface area contributed by atoms with Crippen molar-refractivity contribution >= 4 is 10.4 Å². The fourth-order valence-corrected chi connectivity index (χ4v) is 1.74. The monoisotopic (exact) mass is 374 g/mol. The van der Waals surface area contributed by atoms with E-state index in [0.29, 0.717) is 12.8 Å². The van der Waals surface area contributed by atoms with Gasteiger partial charge in [-0.05, 0) is 37.7 Å². The highest BCUT2D eigenvalue weighted by Gasteiger charge is 1.95. The topological polar surface area (TPSA) is 127 Å². The Morgan fingerprint density at radius 1 is 0.840 bits per heavy atom. The van der Waals surface area contributed by atoms with Crippen molar-refractivity contribution < 1.29 is 25.7 Å². The average Bonchev–Trinajstić information content (AvgIpc) is 2.61. The SMILES string of the molecule is O=S(=O)(O)O.[2H]C([2H])([2H])[C@H](N)Cc1ccccc1.[2H]C([2H])([2H])[C@H](N)Cc1ccccc1. The largest absolute Gasteiger partial charge is 0.394 e. The Bertz CT molecular complexity index is 781. The second kappa shape index (κ2) is 12.6. The van der Waals surface area contributed by atoms with Crippen LogP contribution >= 0.6 is 0 Å². The summed E-state index contributed by atoms with van der Waals surface area (Å²) in [5.74, 6) is 0. The van der Waals surface area contributed by atoms with Crippen LogP contribution in [0, 0.1) is 0 Å². The van der Waals surface area contributed by atoms with Crippen LogP contribution in [0.2, 0.25) is 0 Å². The van der Waals surface area contributed by atoms with E-state index in [1.165, 1.54) is 0 Å². The lowest BCUT2D eigenvalue weighted by atomic mass is 10.1. The molecule has 2 rings (SSSR count). The van der Waals surface area contributed by atoms with Crippen molar-refractivity contribution in [3.63, 3.8) is 0 Å². The van der Waals surface area contributed by atoms with E-state index in [0.717, 1.165) is 11.1 Å². The van der Waals surface area contributed by atoms with Crippen LogP contribution in [-0.2, 0) is 23.2 Å². The summed E-state index contributed by atoms with van der Waals surface area (Å²) in [5.41, 5.74) is 13.0. The van der Waals surface area contributed by atoms with Gasteiger partial charge in [-0.25, -0.2) is 0 Å². The summed E-state index contributed by atoms with van der Waals surface area (Å²) in [6, 6.07) is 17.3. The Morgan fingerprint density at radius 3 is 1.36 bits per heavy atom. The molecule has 0 spiro atoms. The second-order valence-corrected chi connectivity index (χ2v) is 5.94. The molecule has 2 aromatic rings. The highest BCUT2D eigenvalue weighted by molar-refractivity contribution is 7.79. The molecule has 2 aromatic carbocycles. The Labute approximate surface area is 158 Å². The maximum Gasteiger partial charge on any atom is 0.394 e. The first-order valence-electron chi connectivity index (χ1n) is 10.3. The zero-order chi connectivity index (χ0) is 24.3. The molecule has 0 saturated carbocycles. The van der Waals surface area contributed by atoms with E-state index in [1.54, 1.807) is 0 Å². The lowest BCUT2D eigenvalue weighted by Crippen LogP contribution is -2.17. The van der Waals surface area contributed by atoms with Crippen molar-refractivity contribution in [2.45, 2.75) is 38.6 Å². The van der Waals surface area contributed by atoms with E-state index in [4.69, 9.17) is 37.2 Å². The van der Waals surface area contributed by atoms with E-state index in [-0.39, 0.29) is 0 Å². The third kappa shape index (κ3) is 18.4. The van der Waals surface area contributed by atoms with Gasteiger partial charge in [0.15, 0.2) is 0 Å². The molecule has 0 bridgehead atoms. The van der Waals surface area contributed by atoms with Crippen LogP contribution in [0.5, 0.6) is 0 Å². The van der Waals surface area contributed by atoms with Crippen molar-refractivity contribution in [1.29, 1.82) is 0 Å². The molecular formula is C18H28N2O4S. The molecule has 0 unspecified atom stereocenters. The number of hydrogen-bond donors (Lipinski definition) is 4. The molecule has 6 N–H and O–H groups in total. The molecule has 0 saturated heterocycles. The predicted molar refractivity (Wildman–Crippen MR) is 102 cm³/mol. The lowest BCUT2D eigenvalue weighted by molar-refractivity contribution is 0.381. The van der Waals surface area contributed by atoms with Crippen molar-refractivity contribution in [3.05, 3.63) is 71.8 Å². The molecule has 6 nitrogen and oxygen atoms in total. The summed E-state index contributed by atoms with van der Waals surface area (Å²) < 4.78 is 74.2. The Hall–Kier alpha value is -1.77. The third-order valence-electron chi connectivity index (χ3n) is 2.60. The van der Waals surface area contributed by atoms with Gasteiger partial charge in [0.25, 0.3) is 0 Å². The Kier molecular flexibility index (Phi) is 7.24. The van der Waals surface area contributed by atoms with Crippen LogP contribution in [0.15, 0.2) is 60.7 Å². The minimum Gasteiger partial charge on any atom is -0.328 e. The molecule has 0 aliphatic rings. The maximum absolute atomic E-state index is 8.74. The molecule has 7 heteroatoms. The normalized spacial score (nSPS) is 17.3. The molecule has 140 valence electrons. The first-order valence-corrected chi connectivity index (χ1v) is 8.68. The standard InChI is InChI=1S/2C9H13N.H2O4S/c2*1-8(10)7-9-5-3-2-4-6-9;1-5(2,3)4/h2*2-6,8H,7,10H2,1H3;(H2,1,2,3,4)/t2*8-;/m00./s1/i2*1D3;. The molecule has 0 heterocycles. The van der Waals surface area contributed by atoms with Crippen molar-refractivity contribution in [2.75, 3.05) is 0 Å². The van der Waals surface area contributed by atoms with E-state index in [2.05, 4.69) is 0 Å². The highest BCUT2D eigenvalue weighted by Crippen LogP contribution is 2.01. The highest BCUT2D eigenvalue weighted by atomic mass is 32.3. The quantitative estimate of drug-likeness (QED) is 0.609. The third-order valence-corrected chi connectivity index (χ3v) is 2.60. The molecule has 0 fully saturated rings. The molecule has 0 aliphatic heterocycles. The molecule has 0 aliphatic carbocycles. The van der Waals surface area contributed by atoms with E-state index in [9.17, 15) is 0 Å². The van der Waals surface area contributed by atoms with Gasteiger partial charge < -0.3 is 11.5 Å². The number of hydrogen-bond acceptors (Lipinski definition) is 4. The lowest BCUT2D eigenvalue weighted by Gasteiger charge is -2.02. The molecule has 0 radical (unpaired) electrons. The summed E-state index contributed by atoms with van der Waals surface area (Å²) in [6.07, 6.45) is 0.800. The fourth-order valence-electron chi connectivity index (χ4n) is 1.74. The summed E-state index contributed by atoms with van der Waals surface area (Å²) in [5, 5.41) is 0. The number of benzene rings is 2. The summed E-state index contributed by atoms with van der Waals surface area (Å²) in [6.45, 7) is -4.12. The second-order valence-electron chi connectivity index (χ2n) is 5.04. The predicted octanol–water partition coefficient (Wildman–Crippen LogP) is 2.50. The van der Waals surface area contributed by atoms with Crippen LogP contribution in [0.25, 0.3) is 0 Å². The van der Waals surface area contributed by atoms with Gasteiger partial charge in [0, 0.05) is 20.3 Å². The molecular weight excluding hydrogens is 340 g/mol.